The van der Waals surface area contributed by atoms with Gasteiger partial charge in [0.05, 0.1) is 12.6 Å². The summed E-state index contributed by atoms with van der Waals surface area (Å²) in [6.07, 6.45) is 4.71. The van der Waals surface area contributed by atoms with Crippen molar-refractivity contribution in [3.8, 4) is 0 Å². The van der Waals surface area contributed by atoms with Crippen LogP contribution in [-0.2, 0) is 4.79 Å². The number of aliphatic carboxylic acids is 1. The van der Waals surface area contributed by atoms with Gasteiger partial charge >= 0.3 is 12.0 Å². The van der Waals surface area contributed by atoms with Crippen LogP contribution in [-0.4, -0.2) is 63.8 Å². The number of urea groups is 1. The number of rotatable bonds is 2. The molecule has 0 aromatic heterocycles. The van der Waals surface area contributed by atoms with Gasteiger partial charge in [-0.25, -0.2) is 9.59 Å². The summed E-state index contributed by atoms with van der Waals surface area (Å²) in [6, 6.07) is -1.00. The fourth-order valence-corrected chi connectivity index (χ4v) is 4.26. The first-order valence-corrected chi connectivity index (χ1v) is 7.54. The van der Waals surface area contributed by atoms with Crippen molar-refractivity contribution >= 4 is 12.0 Å². The average Bonchev–Trinajstić information content (AvgIpc) is 3.11. The quantitative estimate of drug-likeness (QED) is 0.783. The summed E-state index contributed by atoms with van der Waals surface area (Å²) in [4.78, 5) is 27.4. The molecule has 0 aromatic carbocycles. The van der Waals surface area contributed by atoms with E-state index in [0.717, 1.165) is 32.1 Å². The van der Waals surface area contributed by atoms with Crippen LogP contribution in [0.3, 0.4) is 0 Å². The number of carbonyl (C=O) groups excluding carboxylic acids is 1. The van der Waals surface area contributed by atoms with Crippen LogP contribution in [0.1, 0.15) is 32.1 Å². The number of carboxylic acid groups (broad SMARTS) is 1. The number of nitrogens with zero attached hydrogens (tertiary/aromatic N) is 2. The van der Waals surface area contributed by atoms with Crippen LogP contribution < -0.4 is 0 Å². The van der Waals surface area contributed by atoms with E-state index in [1.165, 1.54) is 0 Å². The number of likely N-dealkylation sites (tertiary alicyclic amines) is 2. The summed E-state index contributed by atoms with van der Waals surface area (Å²) >= 11 is 0. The largest absolute Gasteiger partial charge is 0.480 e. The highest BCUT2D eigenvalue weighted by Gasteiger charge is 2.51. The minimum Gasteiger partial charge on any atom is -0.480 e. The van der Waals surface area contributed by atoms with Gasteiger partial charge in [0.1, 0.15) is 6.04 Å². The molecule has 4 unspecified atom stereocenters. The molecule has 4 atom stereocenters. The van der Waals surface area contributed by atoms with Gasteiger partial charge in [0.2, 0.25) is 0 Å². The third-order valence-electron chi connectivity index (χ3n) is 5.22. The van der Waals surface area contributed by atoms with Gasteiger partial charge < -0.3 is 20.0 Å². The zero-order valence-electron chi connectivity index (χ0n) is 11.6. The normalized spacial score (nSPS) is 36.5. The molecule has 6 nitrogen and oxygen atoms in total. The predicted molar refractivity (Wildman–Crippen MR) is 71.2 cm³/mol. The van der Waals surface area contributed by atoms with E-state index >= 15 is 0 Å². The molecule has 3 aliphatic rings. The Morgan fingerprint density at radius 1 is 1.10 bits per heavy atom. The molecule has 112 valence electrons. The molecule has 6 heteroatoms. The molecule has 1 saturated carbocycles. The lowest BCUT2D eigenvalue weighted by Gasteiger charge is -2.32. The second kappa shape index (κ2) is 5.24. The van der Waals surface area contributed by atoms with Crippen LogP contribution in [0.4, 0.5) is 4.79 Å². The fraction of sp³-hybridized carbons (Fsp3) is 0.857. The highest BCUT2D eigenvalue weighted by Crippen LogP contribution is 2.42. The first-order chi connectivity index (χ1) is 9.63. The Morgan fingerprint density at radius 2 is 1.90 bits per heavy atom. The standard InChI is InChI=1S/C14H22N2O4/c17-8-10-4-2-6-15(10)14(20)16-7-9-3-1-5-11(9)12(16)13(18)19/h9-12,17H,1-8H2,(H,18,19). The van der Waals surface area contributed by atoms with Crippen molar-refractivity contribution in [1.82, 2.24) is 9.80 Å². The van der Waals surface area contributed by atoms with E-state index < -0.39 is 12.0 Å². The molecule has 0 radical (unpaired) electrons. The molecule has 1 aliphatic carbocycles. The van der Waals surface area contributed by atoms with E-state index in [2.05, 4.69) is 0 Å². The highest BCUT2D eigenvalue weighted by molar-refractivity contribution is 5.84. The zero-order chi connectivity index (χ0) is 14.3. The maximum absolute atomic E-state index is 12.6. The van der Waals surface area contributed by atoms with Gasteiger partial charge in [0.25, 0.3) is 0 Å². The lowest BCUT2D eigenvalue weighted by molar-refractivity contribution is -0.142. The van der Waals surface area contributed by atoms with Gasteiger partial charge in [-0.3, -0.25) is 0 Å². The van der Waals surface area contributed by atoms with E-state index in [1.54, 1.807) is 9.80 Å². The van der Waals surface area contributed by atoms with E-state index in [1.807, 2.05) is 0 Å². The average molecular weight is 282 g/mol. The van der Waals surface area contributed by atoms with Crippen molar-refractivity contribution in [2.24, 2.45) is 11.8 Å². The molecule has 20 heavy (non-hydrogen) atoms. The highest BCUT2D eigenvalue weighted by atomic mass is 16.4. The van der Waals surface area contributed by atoms with E-state index in [-0.39, 0.29) is 24.6 Å². The van der Waals surface area contributed by atoms with Gasteiger partial charge in [-0.1, -0.05) is 6.42 Å². The van der Waals surface area contributed by atoms with E-state index in [0.29, 0.717) is 19.0 Å². The summed E-state index contributed by atoms with van der Waals surface area (Å²) in [5, 5.41) is 18.8. The molecule has 0 spiro atoms. The van der Waals surface area contributed by atoms with Crippen molar-refractivity contribution in [2.45, 2.75) is 44.2 Å². The Kier molecular flexibility index (Phi) is 3.58. The Hall–Kier alpha value is -1.30. The van der Waals surface area contributed by atoms with Gasteiger partial charge in [-0.05, 0) is 37.5 Å². The van der Waals surface area contributed by atoms with Crippen LogP contribution in [0.2, 0.25) is 0 Å². The predicted octanol–water partition coefficient (Wildman–Crippen LogP) is 0.748. The Labute approximate surface area is 118 Å². The second-order valence-corrected chi connectivity index (χ2v) is 6.24. The molecule has 2 heterocycles. The number of carboxylic acids is 1. The minimum atomic E-state index is -0.882. The van der Waals surface area contributed by atoms with Gasteiger partial charge in [-0.15, -0.1) is 0 Å². The lowest BCUT2D eigenvalue weighted by atomic mass is 9.94. The van der Waals surface area contributed by atoms with Gasteiger partial charge in [-0.2, -0.15) is 0 Å². The van der Waals surface area contributed by atoms with Crippen molar-refractivity contribution in [3.63, 3.8) is 0 Å². The summed E-state index contributed by atoms with van der Waals surface area (Å²) < 4.78 is 0. The number of carbonyl (C=O) groups is 2. The monoisotopic (exact) mass is 282 g/mol. The van der Waals surface area contributed by atoms with Crippen LogP contribution in [0, 0.1) is 11.8 Å². The third kappa shape index (κ3) is 2.06. The SMILES string of the molecule is O=C(O)C1C2CCCC2CN1C(=O)N1CCCC1CO. The molecule has 0 bridgehead atoms. The minimum absolute atomic E-state index is 0.0375. The zero-order valence-corrected chi connectivity index (χ0v) is 11.6. The van der Waals surface area contributed by atoms with Crippen molar-refractivity contribution < 1.29 is 19.8 Å². The van der Waals surface area contributed by atoms with Crippen LogP contribution in [0.5, 0.6) is 0 Å². The third-order valence-corrected chi connectivity index (χ3v) is 5.22. The van der Waals surface area contributed by atoms with Gasteiger partial charge in [0, 0.05) is 13.1 Å². The smallest absolute Gasteiger partial charge is 0.326 e. The van der Waals surface area contributed by atoms with E-state index in [4.69, 9.17) is 0 Å². The number of hydrogen-bond acceptors (Lipinski definition) is 3. The maximum atomic E-state index is 12.6. The van der Waals surface area contributed by atoms with Crippen LogP contribution in [0.15, 0.2) is 0 Å². The van der Waals surface area contributed by atoms with Crippen molar-refractivity contribution in [3.05, 3.63) is 0 Å². The molecular weight excluding hydrogens is 260 g/mol. The lowest BCUT2D eigenvalue weighted by Crippen LogP contribution is -2.51. The number of hydrogen-bond donors (Lipinski definition) is 2. The maximum Gasteiger partial charge on any atom is 0.326 e. The first-order valence-electron chi connectivity index (χ1n) is 7.54. The van der Waals surface area contributed by atoms with Crippen LogP contribution in [0.25, 0.3) is 0 Å². The second-order valence-electron chi connectivity index (χ2n) is 6.24. The molecular formula is C14H22N2O4. The van der Waals surface area contributed by atoms with Crippen molar-refractivity contribution in [2.75, 3.05) is 19.7 Å². The topological polar surface area (TPSA) is 81.1 Å². The fourth-order valence-electron chi connectivity index (χ4n) is 4.26. The molecule has 0 aromatic rings. The number of fused-ring (bicyclic) bond motifs is 1. The summed E-state index contributed by atoms with van der Waals surface area (Å²) in [6.45, 7) is 1.15. The molecule has 2 saturated heterocycles. The summed E-state index contributed by atoms with van der Waals surface area (Å²) in [5.74, 6) is -0.422. The van der Waals surface area contributed by atoms with Gasteiger partial charge in [0.15, 0.2) is 0 Å². The molecule has 2 amide bonds. The number of aliphatic hydroxyl groups excluding tert-OH is 1. The first kappa shape index (κ1) is 13.7. The molecule has 2 N–H and O–H groups in total. The number of amides is 2. The molecule has 2 aliphatic heterocycles. The Bertz CT molecular complexity index is 414. The van der Waals surface area contributed by atoms with Crippen molar-refractivity contribution in [1.29, 1.82) is 0 Å². The van der Waals surface area contributed by atoms with Crippen LogP contribution >= 0.6 is 0 Å². The van der Waals surface area contributed by atoms with E-state index in [9.17, 15) is 19.8 Å². The molecule has 3 fully saturated rings. The Balaban J connectivity index is 1.78. The molecule has 3 rings (SSSR count). The summed E-state index contributed by atoms with van der Waals surface area (Å²) in [5.41, 5.74) is 0. The number of aliphatic hydroxyl groups is 1. The summed E-state index contributed by atoms with van der Waals surface area (Å²) in [7, 11) is 0. The Morgan fingerprint density at radius 3 is 2.60 bits per heavy atom.